The number of carbonyl (C=O) groups excluding carboxylic acids is 1. The van der Waals surface area contributed by atoms with Gasteiger partial charge >= 0.3 is 0 Å². The minimum absolute atomic E-state index is 0.0968. The summed E-state index contributed by atoms with van der Waals surface area (Å²) in [4.78, 5) is 12.7. The number of nitrogens with zero attached hydrogens (tertiary/aromatic N) is 1. The van der Waals surface area contributed by atoms with Crippen LogP contribution in [-0.4, -0.2) is 43.2 Å². The maximum Gasteiger partial charge on any atom is 0.253 e. The summed E-state index contributed by atoms with van der Waals surface area (Å²) in [5, 5.41) is 3.03. The molecule has 8 heteroatoms. The number of halogens is 1. The molecule has 1 heterocycles. The van der Waals surface area contributed by atoms with Gasteiger partial charge < -0.3 is 5.32 Å². The summed E-state index contributed by atoms with van der Waals surface area (Å²) in [7, 11) is -3.63. The number of amides is 1. The molecule has 0 unspecified atom stereocenters. The largest absolute Gasteiger partial charge is 0.348 e. The number of carbonyl (C=O) groups is 1. The van der Waals surface area contributed by atoms with Gasteiger partial charge in [-0.05, 0) is 30.7 Å². The highest BCUT2D eigenvalue weighted by Gasteiger charge is 2.27. The van der Waals surface area contributed by atoms with Crippen molar-refractivity contribution in [3.8, 4) is 0 Å². The maximum atomic E-state index is 12.8. The van der Waals surface area contributed by atoms with Gasteiger partial charge in [0.15, 0.2) is 0 Å². The lowest BCUT2D eigenvalue weighted by atomic mass is 10.1. The average molecular weight is 425 g/mol. The maximum absolute atomic E-state index is 12.8. The molecule has 5 nitrogen and oxygen atoms in total. The Kier molecular flexibility index (Phi) is 6.47. The van der Waals surface area contributed by atoms with E-state index in [1.54, 1.807) is 11.8 Å². The van der Waals surface area contributed by atoms with E-state index in [4.69, 9.17) is 11.6 Å². The van der Waals surface area contributed by atoms with Crippen LogP contribution < -0.4 is 5.32 Å². The second-order valence-corrected chi connectivity index (χ2v) is 9.90. The van der Waals surface area contributed by atoms with Gasteiger partial charge in [0.1, 0.15) is 0 Å². The highest BCUT2D eigenvalue weighted by atomic mass is 35.5. The summed E-state index contributed by atoms with van der Waals surface area (Å²) < 4.78 is 27.1. The van der Waals surface area contributed by atoms with Crippen molar-refractivity contribution in [1.82, 2.24) is 9.62 Å². The second kappa shape index (κ2) is 8.65. The molecule has 27 heavy (non-hydrogen) atoms. The quantitative estimate of drug-likeness (QED) is 0.799. The lowest BCUT2D eigenvalue weighted by Crippen LogP contribution is -2.38. The number of thioether (sulfide) groups is 1. The second-order valence-electron chi connectivity index (χ2n) is 6.33. The molecule has 2 aromatic rings. The molecule has 0 bridgehead atoms. The van der Waals surface area contributed by atoms with Crippen LogP contribution in [0, 0.1) is 6.92 Å². The molecule has 1 N–H and O–H groups in total. The fourth-order valence-corrected chi connectivity index (χ4v) is 5.68. The number of benzene rings is 2. The Morgan fingerprint density at radius 3 is 2.63 bits per heavy atom. The first-order valence-electron chi connectivity index (χ1n) is 8.59. The molecule has 0 spiro atoms. The first-order chi connectivity index (χ1) is 12.9. The molecule has 0 aliphatic carbocycles. The number of hydrogen-bond acceptors (Lipinski definition) is 4. The molecule has 0 saturated carbocycles. The molecular weight excluding hydrogens is 404 g/mol. The van der Waals surface area contributed by atoms with Gasteiger partial charge in [-0.1, -0.05) is 41.4 Å². The minimum Gasteiger partial charge on any atom is -0.348 e. The summed E-state index contributed by atoms with van der Waals surface area (Å²) in [5.41, 5.74) is 2.23. The summed E-state index contributed by atoms with van der Waals surface area (Å²) in [6.07, 6.45) is 0. The van der Waals surface area contributed by atoms with E-state index in [1.165, 1.54) is 22.5 Å². The minimum atomic E-state index is -3.63. The Morgan fingerprint density at radius 1 is 1.19 bits per heavy atom. The number of hydrogen-bond donors (Lipinski definition) is 1. The van der Waals surface area contributed by atoms with E-state index in [1.807, 2.05) is 31.2 Å². The van der Waals surface area contributed by atoms with Crippen molar-refractivity contribution < 1.29 is 13.2 Å². The summed E-state index contributed by atoms with van der Waals surface area (Å²) in [6.45, 7) is 3.28. The van der Waals surface area contributed by atoms with Crippen molar-refractivity contribution in [1.29, 1.82) is 0 Å². The Labute approximate surface area is 169 Å². The average Bonchev–Trinajstić information content (AvgIpc) is 2.67. The van der Waals surface area contributed by atoms with Crippen molar-refractivity contribution in [2.45, 2.75) is 18.4 Å². The van der Waals surface area contributed by atoms with Gasteiger partial charge in [0.2, 0.25) is 10.0 Å². The first-order valence-corrected chi connectivity index (χ1v) is 11.6. The van der Waals surface area contributed by atoms with Crippen LogP contribution in [0.5, 0.6) is 0 Å². The third kappa shape index (κ3) is 4.85. The van der Waals surface area contributed by atoms with Gasteiger partial charge in [-0.2, -0.15) is 16.1 Å². The number of rotatable bonds is 5. The van der Waals surface area contributed by atoms with Crippen molar-refractivity contribution >= 4 is 39.3 Å². The van der Waals surface area contributed by atoms with Gasteiger partial charge in [-0.15, -0.1) is 0 Å². The lowest BCUT2D eigenvalue weighted by Gasteiger charge is -2.25. The van der Waals surface area contributed by atoms with E-state index in [2.05, 4.69) is 5.32 Å². The van der Waals surface area contributed by atoms with Crippen LogP contribution in [0.4, 0.5) is 0 Å². The smallest absolute Gasteiger partial charge is 0.253 e. The zero-order valence-corrected chi connectivity index (χ0v) is 17.3. The molecule has 0 aromatic heterocycles. The van der Waals surface area contributed by atoms with Crippen molar-refractivity contribution in [3.05, 3.63) is 64.2 Å². The number of aryl methyl sites for hydroxylation is 1. The summed E-state index contributed by atoms with van der Waals surface area (Å²) in [6, 6.07) is 12.1. The Hall–Kier alpha value is -1.54. The highest BCUT2D eigenvalue weighted by molar-refractivity contribution is 7.99. The molecular formula is C19H21ClN2O3S2. The molecule has 0 radical (unpaired) electrons. The molecule has 1 fully saturated rings. The fourth-order valence-electron chi connectivity index (χ4n) is 2.87. The summed E-state index contributed by atoms with van der Waals surface area (Å²) >= 11 is 7.90. The van der Waals surface area contributed by atoms with Crippen LogP contribution >= 0.6 is 23.4 Å². The first kappa shape index (κ1) is 20.2. The fraction of sp³-hybridized carbons (Fsp3) is 0.316. The Bertz CT molecular complexity index is 942. The topological polar surface area (TPSA) is 66.5 Å². The monoisotopic (exact) mass is 424 g/mol. The van der Waals surface area contributed by atoms with Crippen LogP contribution in [0.2, 0.25) is 5.02 Å². The molecule has 3 rings (SSSR count). The third-order valence-corrected chi connectivity index (χ3v) is 7.49. The lowest BCUT2D eigenvalue weighted by molar-refractivity contribution is 0.0951. The van der Waals surface area contributed by atoms with E-state index in [0.717, 1.165) is 22.6 Å². The van der Waals surface area contributed by atoms with E-state index < -0.39 is 15.9 Å². The van der Waals surface area contributed by atoms with E-state index in [-0.39, 0.29) is 15.5 Å². The molecule has 0 atom stereocenters. The summed E-state index contributed by atoms with van der Waals surface area (Å²) in [5.74, 6) is 1.15. The molecule has 2 aromatic carbocycles. The van der Waals surface area contributed by atoms with Gasteiger partial charge in [0.05, 0.1) is 15.5 Å². The van der Waals surface area contributed by atoms with Crippen LogP contribution in [0.15, 0.2) is 47.4 Å². The Morgan fingerprint density at radius 2 is 1.93 bits per heavy atom. The van der Waals surface area contributed by atoms with Crippen LogP contribution in [0.1, 0.15) is 21.5 Å². The van der Waals surface area contributed by atoms with E-state index in [0.29, 0.717) is 19.6 Å². The molecule has 1 aliphatic rings. The number of sulfonamides is 1. The predicted octanol–water partition coefficient (Wildman–Crippen LogP) is 3.32. The van der Waals surface area contributed by atoms with Gasteiger partial charge in [-0.3, -0.25) is 4.79 Å². The molecule has 144 valence electrons. The number of nitrogens with one attached hydrogen (secondary N) is 1. The van der Waals surface area contributed by atoms with Gasteiger partial charge in [-0.25, -0.2) is 8.42 Å². The zero-order valence-electron chi connectivity index (χ0n) is 14.9. The van der Waals surface area contributed by atoms with E-state index in [9.17, 15) is 13.2 Å². The predicted molar refractivity (Wildman–Crippen MR) is 110 cm³/mol. The molecule has 1 amide bonds. The Balaban J connectivity index is 1.79. The van der Waals surface area contributed by atoms with Crippen LogP contribution in [0.25, 0.3) is 0 Å². The van der Waals surface area contributed by atoms with Gasteiger partial charge in [0, 0.05) is 31.1 Å². The highest BCUT2D eigenvalue weighted by Crippen LogP contribution is 2.25. The van der Waals surface area contributed by atoms with Gasteiger partial charge in [0.25, 0.3) is 5.91 Å². The molecule has 1 aliphatic heterocycles. The van der Waals surface area contributed by atoms with Crippen molar-refractivity contribution in [2.75, 3.05) is 24.6 Å². The molecule has 1 saturated heterocycles. The third-order valence-electron chi connectivity index (χ3n) is 4.33. The standard InChI is InChI=1S/C19H21ClN2O3S2/c1-14-3-2-4-15(11-14)13-21-19(23)17-12-16(5-6-18(17)20)27(24,25)22-7-9-26-10-8-22/h2-6,11-12H,7-10,13H2,1H3,(H,21,23). The van der Waals surface area contributed by atoms with E-state index >= 15 is 0 Å². The zero-order chi connectivity index (χ0) is 19.4. The SMILES string of the molecule is Cc1cccc(CNC(=O)c2cc(S(=O)(=O)N3CCSCC3)ccc2Cl)c1. The van der Waals surface area contributed by atoms with Crippen LogP contribution in [0.3, 0.4) is 0 Å². The normalized spacial score (nSPS) is 15.5. The van der Waals surface area contributed by atoms with Crippen molar-refractivity contribution in [3.63, 3.8) is 0 Å². The van der Waals surface area contributed by atoms with Crippen LogP contribution in [-0.2, 0) is 16.6 Å². The van der Waals surface area contributed by atoms with Crippen molar-refractivity contribution in [2.24, 2.45) is 0 Å².